The van der Waals surface area contributed by atoms with Gasteiger partial charge in [0.1, 0.15) is 0 Å². The van der Waals surface area contributed by atoms with E-state index in [-0.39, 0.29) is 0 Å². The molecule has 2 heteroatoms. The van der Waals surface area contributed by atoms with Crippen LogP contribution in [0.25, 0.3) is 0 Å². The molecule has 0 unspecified atom stereocenters. The first kappa shape index (κ1) is 8.93. The third-order valence-electron chi connectivity index (χ3n) is 3.43. The van der Waals surface area contributed by atoms with Gasteiger partial charge in [-0.15, -0.1) is 0 Å². The van der Waals surface area contributed by atoms with Crippen LogP contribution in [0.4, 0.5) is 0 Å². The molecule has 1 heterocycles. The fourth-order valence-electron chi connectivity index (χ4n) is 2.37. The second-order valence-corrected chi connectivity index (χ2v) is 5.59. The Bertz CT molecular complexity index is 349. The first-order chi connectivity index (χ1) is 6.77. The van der Waals surface area contributed by atoms with Crippen LogP contribution in [0, 0.1) is 5.41 Å². The van der Waals surface area contributed by atoms with Crippen LogP contribution in [-0.2, 0) is 6.54 Å². The van der Waals surface area contributed by atoms with Gasteiger partial charge in [-0.1, -0.05) is 34.1 Å². The molecule has 2 aliphatic rings. The molecule has 0 amide bonds. The molecule has 1 saturated heterocycles. The lowest BCUT2D eigenvalue weighted by molar-refractivity contribution is 0.0737. The Morgan fingerprint density at radius 3 is 2.57 bits per heavy atom. The van der Waals surface area contributed by atoms with Gasteiger partial charge in [0, 0.05) is 24.1 Å². The zero-order valence-corrected chi connectivity index (χ0v) is 9.76. The summed E-state index contributed by atoms with van der Waals surface area (Å²) in [6.07, 6.45) is 2.94. The molecule has 3 rings (SSSR count). The van der Waals surface area contributed by atoms with E-state index in [0.29, 0.717) is 0 Å². The van der Waals surface area contributed by atoms with E-state index in [2.05, 4.69) is 45.1 Å². The lowest BCUT2D eigenvalue weighted by atomic mass is 9.96. The maximum absolute atomic E-state index is 3.60. The summed E-state index contributed by atoms with van der Waals surface area (Å²) in [6.45, 7) is 3.77. The average molecular weight is 252 g/mol. The van der Waals surface area contributed by atoms with Crippen molar-refractivity contribution < 1.29 is 0 Å². The molecule has 1 aliphatic carbocycles. The standard InChI is InChI=1S/C12H14BrN/c13-11-4-2-1-3-10(11)7-14-8-12(9-14)5-6-12/h1-4H,5-9H2. The van der Waals surface area contributed by atoms with Gasteiger partial charge in [0.2, 0.25) is 0 Å². The van der Waals surface area contributed by atoms with Crippen molar-refractivity contribution in [2.45, 2.75) is 19.4 Å². The van der Waals surface area contributed by atoms with Crippen molar-refractivity contribution in [2.75, 3.05) is 13.1 Å². The van der Waals surface area contributed by atoms with Gasteiger partial charge in [-0.3, -0.25) is 4.90 Å². The quantitative estimate of drug-likeness (QED) is 0.782. The molecule has 0 radical (unpaired) electrons. The van der Waals surface area contributed by atoms with E-state index in [9.17, 15) is 0 Å². The van der Waals surface area contributed by atoms with Crippen molar-refractivity contribution in [2.24, 2.45) is 5.41 Å². The molecule has 0 N–H and O–H groups in total. The van der Waals surface area contributed by atoms with E-state index >= 15 is 0 Å². The lowest BCUT2D eigenvalue weighted by Gasteiger charge is -2.40. The molecule has 0 atom stereocenters. The molecule has 1 aliphatic heterocycles. The Hall–Kier alpha value is -0.340. The van der Waals surface area contributed by atoms with Gasteiger partial charge in [0.15, 0.2) is 0 Å². The number of halogens is 1. The van der Waals surface area contributed by atoms with Crippen molar-refractivity contribution in [1.82, 2.24) is 4.90 Å². The van der Waals surface area contributed by atoms with Crippen LogP contribution in [0.3, 0.4) is 0 Å². The monoisotopic (exact) mass is 251 g/mol. The molecular weight excluding hydrogens is 238 g/mol. The number of rotatable bonds is 2. The lowest BCUT2D eigenvalue weighted by Crippen LogP contribution is -2.47. The largest absolute Gasteiger partial charge is 0.298 e. The first-order valence-corrected chi connectivity index (χ1v) is 6.03. The van der Waals surface area contributed by atoms with Crippen molar-refractivity contribution in [1.29, 1.82) is 0 Å². The molecular formula is C12H14BrN. The zero-order valence-electron chi connectivity index (χ0n) is 8.17. The van der Waals surface area contributed by atoms with Gasteiger partial charge >= 0.3 is 0 Å². The summed E-state index contributed by atoms with van der Waals surface area (Å²) in [7, 11) is 0. The van der Waals surface area contributed by atoms with Gasteiger partial charge in [-0.2, -0.15) is 0 Å². The summed E-state index contributed by atoms with van der Waals surface area (Å²) in [5.74, 6) is 0. The van der Waals surface area contributed by atoms with E-state index < -0.39 is 0 Å². The van der Waals surface area contributed by atoms with E-state index in [1.807, 2.05) is 0 Å². The minimum Gasteiger partial charge on any atom is -0.298 e. The molecule has 0 aromatic heterocycles. The van der Waals surface area contributed by atoms with Gasteiger partial charge in [0.25, 0.3) is 0 Å². The van der Waals surface area contributed by atoms with Crippen LogP contribution < -0.4 is 0 Å². The first-order valence-electron chi connectivity index (χ1n) is 5.23. The Morgan fingerprint density at radius 1 is 1.21 bits per heavy atom. The number of hydrogen-bond donors (Lipinski definition) is 0. The highest BCUT2D eigenvalue weighted by molar-refractivity contribution is 9.10. The average Bonchev–Trinajstić information content (AvgIpc) is 2.88. The van der Waals surface area contributed by atoms with E-state index in [4.69, 9.17) is 0 Å². The van der Waals surface area contributed by atoms with Crippen molar-refractivity contribution in [3.63, 3.8) is 0 Å². The second kappa shape index (κ2) is 3.07. The number of hydrogen-bond acceptors (Lipinski definition) is 1. The SMILES string of the molecule is Brc1ccccc1CN1CC2(CC2)C1. The Labute approximate surface area is 93.2 Å². The van der Waals surface area contributed by atoms with Crippen LogP contribution in [0.5, 0.6) is 0 Å². The molecule has 1 spiro atoms. The smallest absolute Gasteiger partial charge is 0.0245 e. The third-order valence-corrected chi connectivity index (χ3v) is 4.20. The molecule has 0 bridgehead atoms. The Kier molecular flexibility index (Phi) is 1.96. The van der Waals surface area contributed by atoms with E-state index in [1.165, 1.54) is 36.0 Å². The highest BCUT2D eigenvalue weighted by Crippen LogP contribution is 2.53. The summed E-state index contributed by atoms with van der Waals surface area (Å²) in [5, 5.41) is 0. The fourth-order valence-corrected chi connectivity index (χ4v) is 2.78. The number of benzene rings is 1. The normalized spacial score (nSPS) is 23.5. The fraction of sp³-hybridized carbons (Fsp3) is 0.500. The highest BCUT2D eigenvalue weighted by Gasteiger charge is 2.51. The van der Waals surface area contributed by atoms with Crippen molar-refractivity contribution in [3.8, 4) is 0 Å². The minimum atomic E-state index is 0.779. The topological polar surface area (TPSA) is 3.24 Å². The summed E-state index contributed by atoms with van der Waals surface area (Å²) < 4.78 is 1.25. The molecule has 1 aromatic rings. The van der Waals surface area contributed by atoms with E-state index in [1.54, 1.807) is 0 Å². The van der Waals surface area contributed by atoms with Crippen LogP contribution >= 0.6 is 15.9 Å². The summed E-state index contributed by atoms with van der Waals surface area (Å²) >= 11 is 3.60. The van der Waals surface area contributed by atoms with Gasteiger partial charge in [-0.05, 0) is 29.9 Å². The Balaban J connectivity index is 1.65. The van der Waals surface area contributed by atoms with Crippen LogP contribution in [0.2, 0.25) is 0 Å². The predicted octanol–water partition coefficient (Wildman–Crippen LogP) is 3.04. The van der Waals surface area contributed by atoms with Crippen molar-refractivity contribution >= 4 is 15.9 Å². The maximum atomic E-state index is 3.60. The minimum absolute atomic E-state index is 0.779. The van der Waals surface area contributed by atoms with Gasteiger partial charge in [-0.25, -0.2) is 0 Å². The maximum Gasteiger partial charge on any atom is 0.0245 e. The molecule has 2 fully saturated rings. The number of likely N-dealkylation sites (tertiary alicyclic amines) is 1. The van der Waals surface area contributed by atoms with Gasteiger partial charge < -0.3 is 0 Å². The van der Waals surface area contributed by atoms with E-state index in [0.717, 1.165) is 12.0 Å². The third kappa shape index (κ3) is 1.51. The summed E-state index contributed by atoms with van der Waals surface area (Å²) in [4.78, 5) is 2.55. The van der Waals surface area contributed by atoms with Crippen LogP contribution in [-0.4, -0.2) is 18.0 Å². The summed E-state index contributed by atoms with van der Waals surface area (Å²) in [6, 6.07) is 8.53. The van der Waals surface area contributed by atoms with Crippen molar-refractivity contribution in [3.05, 3.63) is 34.3 Å². The number of nitrogens with zero attached hydrogens (tertiary/aromatic N) is 1. The van der Waals surface area contributed by atoms with Crippen LogP contribution in [0.15, 0.2) is 28.7 Å². The van der Waals surface area contributed by atoms with Gasteiger partial charge in [0.05, 0.1) is 0 Å². The summed E-state index contributed by atoms with van der Waals surface area (Å²) in [5.41, 5.74) is 2.20. The Morgan fingerprint density at radius 2 is 1.93 bits per heavy atom. The predicted molar refractivity (Wildman–Crippen MR) is 61.1 cm³/mol. The molecule has 1 saturated carbocycles. The molecule has 1 aromatic carbocycles. The molecule has 74 valence electrons. The second-order valence-electron chi connectivity index (χ2n) is 4.74. The molecule has 1 nitrogen and oxygen atoms in total. The van der Waals surface area contributed by atoms with Crippen LogP contribution in [0.1, 0.15) is 18.4 Å². The zero-order chi connectivity index (χ0) is 9.60. The highest BCUT2D eigenvalue weighted by atomic mass is 79.9. The molecule has 14 heavy (non-hydrogen) atoms.